The third-order valence-corrected chi connectivity index (χ3v) is 10.5. The van der Waals surface area contributed by atoms with Crippen molar-refractivity contribution >= 4 is 65.6 Å². The number of hydrogen-bond donors (Lipinski definition) is 0. The lowest BCUT2D eigenvalue weighted by Gasteiger charge is -2.11. The van der Waals surface area contributed by atoms with Gasteiger partial charge in [-0.2, -0.15) is 0 Å². The molecule has 8 aromatic carbocycles. The largest absolute Gasteiger partial charge is 0.455 e. The van der Waals surface area contributed by atoms with Crippen LogP contribution in [0.4, 0.5) is 0 Å². The van der Waals surface area contributed by atoms with Crippen molar-refractivity contribution in [3.63, 3.8) is 0 Å². The standard InChI is InChI=1S/C48H30N2O.C2H6/c1-5-25-43-37(17-1)38-18-2-6-26-44(38)49(43)33-15-9-13-31(29-33)35-21-11-23-41-42-24-12-22-36(48(42)51-47(35)41)32-14-10-16-34(30-32)50-45-27-7-3-19-39(45)40-20-4-8-28-46(40)50;1-2/h1-30H;1-2H3. The summed E-state index contributed by atoms with van der Waals surface area (Å²) in [6, 6.07) is 65.3. The molecule has 0 aliphatic carbocycles. The molecule has 3 heteroatoms. The highest BCUT2D eigenvalue weighted by Crippen LogP contribution is 2.41. The Kier molecular flexibility index (Phi) is 7.26. The summed E-state index contributed by atoms with van der Waals surface area (Å²) >= 11 is 0. The summed E-state index contributed by atoms with van der Waals surface area (Å²) in [4.78, 5) is 0. The molecule has 11 aromatic rings. The van der Waals surface area contributed by atoms with Gasteiger partial charge in [-0.25, -0.2) is 0 Å². The summed E-state index contributed by atoms with van der Waals surface area (Å²) in [6.45, 7) is 4.00. The zero-order valence-corrected chi connectivity index (χ0v) is 29.6. The third-order valence-electron chi connectivity index (χ3n) is 10.5. The molecule has 0 N–H and O–H groups in total. The maximum Gasteiger partial charge on any atom is 0.143 e. The predicted molar refractivity (Wildman–Crippen MR) is 225 cm³/mol. The Morgan fingerprint density at radius 2 is 0.642 bits per heavy atom. The highest BCUT2D eigenvalue weighted by molar-refractivity contribution is 6.14. The molecule has 0 aliphatic heterocycles. The predicted octanol–water partition coefficient (Wildman–Crippen LogP) is 14.1. The van der Waals surface area contributed by atoms with Crippen LogP contribution in [-0.2, 0) is 0 Å². The van der Waals surface area contributed by atoms with E-state index < -0.39 is 0 Å². The molecule has 11 rings (SSSR count). The molecular weight excluding hydrogens is 645 g/mol. The van der Waals surface area contributed by atoms with E-state index in [0.29, 0.717) is 0 Å². The molecule has 0 spiro atoms. The van der Waals surface area contributed by atoms with Crippen LogP contribution in [-0.4, -0.2) is 9.13 Å². The van der Waals surface area contributed by atoms with E-state index >= 15 is 0 Å². The van der Waals surface area contributed by atoms with Crippen LogP contribution in [0.5, 0.6) is 0 Å². The molecule has 53 heavy (non-hydrogen) atoms. The molecule has 0 amide bonds. The van der Waals surface area contributed by atoms with E-state index in [1.807, 2.05) is 13.8 Å². The van der Waals surface area contributed by atoms with Crippen LogP contribution < -0.4 is 0 Å². The third kappa shape index (κ3) is 4.74. The van der Waals surface area contributed by atoms with Gasteiger partial charge in [-0.15, -0.1) is 0 Å². The van der Waals surface area contributed by atoms with E-state index in [2.05, 4.69) is 191 Å². The van der Waals surface area contributed by atoms with Crippen LogP contribution in [0, 0.1) is 0 Å². The number of para-hydroxylation sites is 6. The normalized spacial score (nSPS) is 11.6. The van der Waals surface area contributed by atoms with Crippen LogP contribution in [0.15, 0.2) is 186 Å². The Hall–Kier alpha value is -6.84. The van der Waals surface area contributed by atoms with Crippen LogP contribution in [0.25, 0.3) is 99.2 Å². The second kappa shape index (κ2) is 12.4. The van der Waals surface area contributed by atoms with Gasteiger partial charge in [0.05, 0.1) is 22.1 Å². The first kappa shape index (κ1) is 30.9. The number of aromatic nitrogens is 2. The first-order valence-electron chi connectivity index (χ1n) is 18.4. The Bertz CT molecular complexity index is 2840. The Labute approximate surface area is 307 Å². The summed E-state index contributed by atoms with van der Waals surface area (Å²) in [7, 11) is 0. The fourth-order valence-corrected chi connectivity index (χ4v) is 8.30. The maximum atomic E-state index is 6.95. The smallest absolute Gasteiger partial charge is 0.143 e. The van der Waals surface area contributed by atoms with Crippen molar-refractivity contribution in [1.29, 1.82) is 0 Å². The van der Waals surface area contributed by atoms with E-state index in [1.54, 1.807) is 0 Å². The van der Waals surface area contributed by atoms with Gasteiger partial charge >= 0.3 is 0 Å². The Morgan fingerprint density at radius 1 is 0.321 bits per heavy atom. The summed E-state index contributed by atoms with van der Waals surface area (Å²) in [5.74, 6) is 0. The fraction of sp³-hybridized carbons (Fsp3) is 0.0400. The number of hydrogen-bond acceptors (Lipinski definition) is 1. The molecule has 0 aliphatic rings. The Morgan fingerprint density at radius 3 is 1.02 bits per heavy atom. The van der Waals surface area contributed by atoms with E-state index in [-0.39, 0.29) is 0 Å². The van der Waals surface area contributed by atoms with Gasteiger partial charge in [0.1, 0.15) is 11.2 Å². The summed E-state index contributed by atoms with van der Waals surface area (Å²) in [5.41, 5.74) is 13.2. The molecule has 0 bridgehead atoms. The molecular formula is C50H36N2O. The number of nitrogens with zero attached hydrogens (tertiary/aromatic N) is 2. The second-order valence-electron chi connectivity index (χ2n) is 13.3. The van der Waals surface area contributed by atoms with Crippen molar-refractivity contribution in [2.24, 2.45) is 0 Å². The molecule has 3 aromatic heterocycles. The van der Waals surface area contributed by atoms with Gasteiger partial charge < -0.3 is 13.6 Å². The van der Waals surface area contributed by atoms with E-state index in [9.17, 15) is 0 Å². The van der Waals surface area contributed by atoms with Gasteiger partial charge in [-0.1, -0.05) is 147 Å². The highest BCUT2D eigenvalue weighted by Gasteiger charge is 2.18. The maximum absolute atomic E-state index is 6.95. The van der Waals surface area contributed by atoms with Crippen LogP contribution in [0.2, 0.25) is 0 Å². The molecule has 0 unspecified atom stereocenters. The van der Waals surface area contributed by atoms with Gasteiger partial charge in [-0.3, -0.25) is 0 Å². The molecule has 0 saturated heterocycles. The van der Waals surface area contributed by atoms with Crippen molar-refractivity contribution in [3.05, 3.63) is 182 Å². The molecule has 0 fully saturated rings. The molecule has 252 valence electrons. The number of fused-ring (bicyclic) bond motifs is 9. The molecule has 0 saturated carbocycles. The second-order valence-corrected chi connectivity index (χ2v) is 13.3. The van der Waals surface area contributed by atoms with E-state index in [0.717, 1.165) is 55.6 Å². The number of benzene rings is 8. The average molecular weight is 681 g/mol. The highest BCUT2D eigenvalue weighted by atomic mass is 16.3. The lowest BCUT2D eigenvalue weighted by molar-refractivity contribution is 0.671. The van der Waals surface area contributed by atoms with Gasteiger partial charge in [0.15, 0.2) is 0 Å². The molecule has 0 radical (unpaired) electrons. The first-order valence-corrected chi connectivity index (χ1v) is 18.4. The van der Waals surface area contributed by atoms with Crippen LogP contribution in [0.3, 0.4) is 0 Å². The van der Waals surface area contributed by atoms with Gasteiger partial charge in [0.2, 0.25) is 0 Å². The average Bonchev–Trinajstić information content (AvgIpc) is 3.90. The van der Waals surface area contributed by atoms with Gasteiger partial charge in [0, 0.05) is 54.8 Å². The zero-order valence-electron chi connectivity index (χ0n) is 29.6. The first-order chi connectivity index (χ1) is 26.3. The van der Waals surface area contributed by atoms with Crippen molar-refractivity contribution in [2.75, 3.05) is 0 Å². The van der Waals surface area contributed by atoms with Crippen molar-refractivity contribution in [3.8, 4) is 33.6 Å². The summed E-state index contributed by atoms with van der Waals surface area (Å²) < 4.78 is 11.7. The van der Waals surface area contributed by atoms with Crippen molar-refractivity contribution in [2.45, 2.75) is 13.8 Å². The van der Waals surface area contributed by atoms with Gasteiger partial charge in [-0.05, 0) is 59.7 Å². The van der Waals surface area contributed by atoms with E-state index in [1.165, 1.54) is 43.6 Å². The monoisotopic (exact) mass is 680 g/mol. The zero-order chi connectivity index (χ0) is 35.5. The molecule has 3 heterocycles. The quantitative estimate of drug-likeness (QED) is 0.181. The minimum absolute atomic E-state index is 0.901. The topological polar surface area (TPSA) is 23.0 Å². The van der Waals surface area contributed by atoms with Crippen molar-refractivity contribution < 1.29 is 4.42 Å². The van der Waals surface area contributed by atoms with Gasteiger partial charge in [0.25, 0.3) is 0 Å². The molecule has 3 nitrogen and oxygen atoms in total. The molecule has 0 atom stereocenters. The number of furan rings is 1. The van der Waals surface area contributed by atoms with E-state index in [4.69, 9.17) is 4.42 Å². The minimum atomic E-state index is 0.901. The minimum Gasteiger partial charge on any atom is -0.455 e. The van der Waals surface area contributed by atoms with Crippen LogP contribution in [0.1, 0.15) is 13.8 Å². The van der Waals surface area contributed by atoms with Crippen molar-refractivity contribution in [1.82, 2.24) is 9.13 Å². The van der Waals surface area contributed by atoms with Crippen LogP contribution >= 0.6 is 0 Å². The lowest BCUT2D eigenvalue weighted by Crippen LogP contribution is -1.94. The Balaban J connectivity index is 0.00000172. The summed E-state index contributed by atoms with van der Waals surface area (Å²) in [5, 5.41) is 7.26. The SMILES string of the molecule is CC.c1cc(-c2cccc3c2oc2c(-c4cccc(-n5c6ccccc6c6ccccc65)c4)cccc23)cc(-n2c3ccccc3c3ccccc32)c1. The fourth-order valence-electron chi connectivity index (χ4n) is 8.30. The lowest BCUT2D eigenvalue weighted by atomic mass is 9.99. The number of rotatable bonds is 4. The summed E-state index contributed by atoms with van der Waals surface area (Å²) in [6.07, 6.45) is 0.